The number of alkyl halides is 1. The number of amides is 2. The summed E-state index contributed by atoms with van der Waals surface area (Å²) < 4.78 is 0. The number of thioether (sulfide) groups is 1. The minimum absolute atomic E-state index is 0.368. The molecule has 0 atom stereocenters. The van der Waals surface area contributed by atoms with Gasteiger partial charge in [-0.3, -0.25) is 4.90 Å². The van der Waals surface area contributed by atoms with E-state index >= 15 is 0 Å². The van der Waals surface area contributed by atoms with Crippen molar-refractivity contribution in [2.24, 2.45) is 5.73 Å². The maximum Gasteiger partial charge on any atom is 0.319 e. The molecule has 5 heteroatoms. The van der Waals surface area contributed by atoms with Gasteiger partial charge in [-0.1, -0.05) is 0 Å². The van der Waals surface area contributed by atoms with E-state index in [-0.39, 0.29) is 0 Å². The highest BCUT2D eigenvalue weighted by Gasteiger charge is 2.10. The number of primary amides is 1. The number of rotatable bonds is 4. The Morgan fingerprint density at radius 3 is 2.47 bits per heavy atom. The Morgan fingerprint density at radius 1 is 1.47 bits per heavy atom. The van der Waals surface area contributed by atoms with Crippen molar-refractivity contribution in [2.75, 3.05) is 23.6 Å². The molecule has 1 aromatic carbocycles. The molecule has 0 aromatic heterocycles. The van der Waals surface area contributed by atoms with Gasteiger partial charge in [-0.15, -0.1) is 23.4 Å². The van der Waals surface area contributed by atoms with E-state index in [4.69, 9.17) is 17.3 Å². The third kappa shape index (κ3) is 3.32. The Bertz CT molecular complexity index is 329. The molecule has 15 heavy (non-hydrogen) atoms. The highest BCUT2D eigenvalue weighted by Crippen LogP contribution is 2.20. The van der Waals surface area contributed by atoms with Gasteiger partial charge < -0.3 is 5.73 Å². The summed E-state index contributed by atoms with van der Waals surface area (Å²) in [6.45, 7) is 0.426. The van der Waals surface area contributed by atoms with Crippen molar-refractivity contribution in [1.29, 1.82) is 0 Å². The first-order chi connectivity index (χ1) is 7.19. The predicted molar refractivity (Wildman–Crippen MR) is 65.9 cm³/mol. The van der Waals surface area contributed by atoms with Crippen molar-refractivity contribution >= 4 is 35.1 Å². The van der Waals surface area contributed by atoms with Crippen molar-refractivity contribution in [1.82, 2.24) is 0 Å². The third-order valence-electron chi connectivity index (χ3n) is 1.96. The summed E-state index contributed by atoms with van der Waals surface area (Å²) in [5.41, 5.74) is 6.03. The van der Waals surface area contributed by atoms with Crippen LogP contribution in [0.1, 0.15) is 0 Å². The van der Waals surface area contributed by atoms with Gasteiger partial charge in [-0.25, -0.2) is 4.79 Å². The highest BCUT2D eigenvalue weighted by molar-refractivity contribution is 7.98. The van der Waals surface area contributed by atoms with E-state index < -0.39 is 6.03 Å². The maximum absolute atomic E-state index is 11.1. The average molecular weight is 245 g/mol. The fourth-order valence-electron chi connectivity index (χ4n) is 1.21. The molecule has 0 saturated heterocycles. The molecule has 2 amide bonds. The third-order valence-corrected chi connectivity index (χ3v) is 2.87. The molecule has 2 N–H and O–H groups in total. The van der Waals surface area contributed by atoms with Crippen LogP contribution in [0, 0.1) is 0 Å². The summed E-state index contributed by atoms with van der Waals surface area (Å²) in [6, 6.07) is 7.15. The summed E-state index contributed by atoms with van der Waals surface area (Å²) in [6.07, 6.45) is 2.00. The summed E-state index contributed by atoms with van der Waals surface area (Å²) >= 11 is 7.25. The zero-order valence-corrected chi connectivity index (χ0v) is 10.0. The van der Waals surface area contributed by atoms with Crippen molar-refractivity contribution < 1.29 is 4.79 Å². The molecular weight excluding hydrogens is 232 g/mol. The Hall–Kier alpha value is -0.870. The number of carbonyl (C=O) groups excluding carboxylic acids is 1. The van der Waals surface area contributed by atoms with Crippen LogP contribution in [0.5, 0.6) is 0 Å². The maximum atomic E-state index is 11.1. The van der Waals surface area contributed by atoms with Gasteiger partial charge in [0.05, 0.1) is 0 Å². The van der Waals surface area contributed by atoms with Crippen LogP contribution in [-0.4, -0.2) is 24.7 Å². The van der Waals surface area contributed by atoms with E-state index in [0.29, 0.717) is 12.4 Å². The number of nitrogens with zero attached hydrogens (tertiary/aromatic N) is 1. The zero-order valence-electron chi connectivity index (χ0n) is 8.44. The molecule has 0 aliphatic carbocycles. The summed E-state index contributed by atoms with van der Waals surface area (Å²) in [7, 11) is 0. The first kappa shape index (κ1) is 12.2. The van der Waals surface area contributed by atoms with Gasteiger partial charge in [-0.2, -0.15) is 0 Å². The van der Waals surface area contributed by atoms with Crippen molar-refractivity contribution in [3.05, 3.63) is 24.3 Å². The smallest absolute Gasteiger partial charge is 0.319 e. The minimum atomic E-state index is -0.479. The molecule has 1 rings (SSSR count). The minimum Gasteiger partial charge on any atom is -0.351 e. The molecule has 82 valence electrons. The van der Waals surface area contributed by atoms with Gasteiger partial charge in [0, 0.05) is 23.0 Å². The highest BCUT2D eigenvalue weighted by atomic mass is 35.5. The topological polar surface area (TPSA) is 46.3 Å². The van der Waals surface area contributed by atoms with E-state index in [1.807, 2.05) is 30.5 Å². The van der Waals surface area contributed by atoms with E-state index in [9.17, 15) is 4.79 Å². The quantitative estimate of drug-likeness (QED) is 0.654. The number of hydrogen-bond donors (Lipinski definition) is 1. The van der Waals surface area contributed by atoms with Crippen LogP contribution >= 0.6 is 23.4 Å². The Labute approximate surface area is 98.6 Å². The molecule has 1 aromatic rings. The Balaban J connectivity index is 2.86. The molecule has 0 radical (unpaired) electrons. The second-order valence-corrected chi connectivity index (χ2v) is 4.13. The normalized spacial score (nSPS) is 10.0. The number of benzene rings is 1. The number of hydrogen-bond acceptors (Lipinski definition) is 2. The monoisotopic (exact) mass is 244 g/mol. The molecule has 3 nitrogen and oxygen atoms in total. The van der Waals surface area contributed by atoms with Crippen LogP contribution in [0.4, 0.5) is 10.5 Å². The summed E-state index contributed by atoms with van der Waals surface area (Å²) in [5, 5.41) is 0. The molecule has 0 unspecified atom stereocenters. The standard InChI is InChI=1S/C10H13ClN2OS/c1-15-9-4-2-8(3-5-9)13(7-6-11)10(12)14/h2-5H,6-7H2,1H3,(H2,12,14). The summed E-state index contributed by atoms with van der Waals surface area (Å²) in [5.74, 6) is 0.368. The SMILES string of the molecule is CSc1ccc(N(CCCl)C(N)=O)cc1. The van der Waals surface area contributed by atoms with E-state index in [0.717, 1.165) is 10.6 Å². The van der Waals surface area contributed by atoms with Crippen LogP contribution in [0.3, 0.4) is 0 Å². The number of urea groups is 1. The molecule has 0 saturated carbocycles. The number of carbonyl (C=O) groups is 1. The lowest BCUT2D eigenvalue weighted by Crippen LogP contribution is -2.37. The van der Waals surface area contributed by atoms with E-state index in [1.54, 1.807) is 11.8 Å². The fraction of sp³-hybridized carbons (Fsp3) is 0.300. The van der Waals surface area contributed by atoms with Crippen molar-refractivity contribution in [3.63, 3.8) is 0 Å². The van der Waals surface area contributed by atoms with Gasteiger partial charge >= 0.3 is 6.03 Å². The first-order valence-corrected chi connectivity index (χ1v) is 6.22. The molecule has 0 fully saturated rings. The molecule has 0 bridgehead atoms. The van der Waals surface area contributed by atoms with Crippen LogP contribution in [0.15, 0.2) is 29.2 Å². The molecular formula is C10H13ClN2OS. The lowest BCUT2D eigenvalue weighted by molar-refractivity contribution is 0.254. The van der Waals surface area contributed by atoms with Crippen molar-refractivity contribution in [2.45, 2.75) is 4.90 Å². The van der Waals surface area contributed by atoms with Crippen LogP contribution in [0.2, 0.25) is 0 Å². The second kappa shape index (κ2) is 5.88. The number of anilines is 1. The predicted octanol–water partition coefficient (Wildman–Crippen LogP) is 2.53. The lowest BCUT2D eigenvalue weighted by Gasteiger charge is -2.19. The van der Waals surface area contributed by atoms with Crippen LogP contribution < -0.4 is 10.6 Å². The Kier molecular flexibility index (Phi) is 4.78. The van der Waals surface area contributed by atoms with E-state index in [1.165, 1.54) is 4.90 Å². The van der Waals surface area contributed by atoms with Gasteiger partial charge in [-0.05, 0) is 30.5 Å². The largest absolute Gasteiger partial charge is 0.351 e. The fourth-order valence-corrected chi connectivity index (χ4v) is 1.79. The van der Waals surface area contributed by atoms with E-state index in [2.05, 4.69) is 0 Å². The van der Waals surface area contributed by atoms with Crippen molar-refractivity contribution in [3.8, 4) is 0 Å². The second-order valence-electron chi connectivity index (χ2n) is 2.88. The van der Waals surface area contributed by atoms with Gasteiger partial charge in [0.2, 0.25) is 0 Å². The number of nitrogens with two attached hydrogens (primary N) is 1. The van der Waals surface area contributed by atoms with Gasteiger partial charge in [0.25, 0.3) is 0 Å². The zero-order chi connectivity index (χ0) is 11.3. The van der Waals surface area contributed by atoms with Crippen LogP contribution in [-0.2, 0) is 0 Å². The molecule has 0 spiro atoms. The molecule has 0 heterocycles. The van der Waals surface area contributed by atoms with Crippen LogP contribution in [0.25, 0.3) is 0 Å². The molecule has 0 aliphatic rings. The first-order valence-electron chi connectivity index (χ1n) is 4.46. The summed E-state index contributed by atoms with van der Waals surface area (Å²) in [4.78, 5) is 13.7. The average Bonchev–Trinajstić information content (AvgIpc) is 2.26. The molecule has 0 aliphatic heterocycles. The lowest BCUT2D eigenvalue weighted by atomic mass is 10.3. The van der Waals surface area contributed by atoms with Gasteiger partial charge in [0.1, 0.15) is 0 Å². The number of halogens is 1. The van der Waals surface area contributed by atoms with Gasteiger partial charge in [0.15, 0.2) is 0 Å². The Morgan fingerprint density at radius 2 is 2.07 bits per heavy atom.